The standard InChI is InChI=1S/C16H14BrF2NOS/c17-11-2-7-15(19)14(10-11)16(21)20-8-1-9-22-13-5-3-12(18)4-6-13/h2-7,10H,1,8-9H2,(H,20,21). The lowest BCUT2D eigenvalue weighted by Gasteiger charge is -2.06. The van der Waals surface area contributed by atoms with Gasteiger partial charge in [-0.3, -0.25) is 4.79 Å². The van der Waals surface area contributed by atoms with Crippen LogP contribution in [0.3, 0.4) is 0 Å². The molecule has 0 unspecified atom stereocenters. The first kappa shape index (κ1) is 17.0. The van der Waals surface area contributed by atoms with Crippen LogP contribution in [0.25, 0.3) is 0 Å². The zero-order valence-electron chi connectivity index (χ0n) is 11.6. The molecule has 116 valence electrons. The molecule has 0 heterocycles. The van der Waals surface area contributed by atoms with Gasteiger partial charge in [-0.1, -0.05) is 15.9 Å². The Morgan fingerprint density at radius 2 is 1.86 bits per heavy atom. The minimum Gasteiger partial charge on any atom is -0.352 e. The molecule has 6 heteroatoms. The van der Waals surface area contributed by atoms with E-state index in [-0.39, 0.29) is 11.4 Å². The van der Waals surface area contributed by atoms with Crippen LogP contribution in [0.4, 0.5) is 8.78 Å². The molecule has 0 spiro atoms. The zero-order chi connectivity index (χ0) is 15.9. The third kappa shape index (κ3) is 5.10. The van der Waals surface area contributed by atoms with E-state index in [9.17, 15) is 13.6 Å². The molecule has 2 rings (SSSR count). The normalized spacial score (nSPS) is 10.5. The van der Waals surface area contributed by atoms with E-state index in [1.807, 2.05) is 0 Å². The molecular weight excluding hydrogens is 372 g/mol. The van der Waals surface area contributed by atoms with Crippen LogP contribution in [0, 0.1) is 11.6 Å². The Morgan fingerprint density at radius 3 is 2.59 bits per heavy atom. The number of amides is 1. The summed E-state index contributed by atoms with van der Waals surface area (Å²) in [6.07, 6.45) is 0.739. The van der Waals surface area contributed by atoms with E-state index in [1.54, 1.807) is 30.0 Å². The van der Waals surface area contributed by atoms with E-state index in [1.165, 1.54) is 24.3 Å². The van der Waals surface area contributed by atoms with Crippen LogP contribution in [0.15, 0.2) is 51.8 Å². The fraction of sp³-hybridized carbons (Fsp3) is 0.188. The fourth-order valence-electron chi connectivity index (χ4n) is 1.76. The molecule has 0 aliphatic carbocycles. The van der Waals surface area contributed by atoms with Gasteiger partial charge < -0.3 is 5.32 Å². The lowest BCUT2D eigenvalue weighted by molar-refractivity contribution is 0.0949. The van der Waals surface area contributed by atoms with E-state index in [2.05, 4.69) is 21.2 Å². The van der Waals surface area contributed by atoms with Crippen molar-refractivity contribution in [2.45, 2.75) is 11.3 Å². The van der Waals surface area contributed by atoms with Crippen molar-refractivity contribution in [3.63, 3.8) is 0 Å². The van der Waals surface area contributed by atoms with Gasteiger partial charge in [-0.15, -0.1) is 11.8 Å². The van der Waals surface area contributed by atoms with E-state index < -0.39 is 11.7 Å². The Morgan fingerprint density at radius 1 is 1.14 bits per heavy atom. The first-order chi connectivity index (χ1) is 10.6. The van der Waals surface area contributed by atoms with Gasteiger partial charge in [-0.05, 0) is 54.6 Å². The summed E-state index contributed by atoms with van der Waals surface area (Å²) >= 11 is 4.79. The fourth-order valence-corrected chi connectivity index (χ4v) is 2.98. The van der Waals surface area contributed by atoms with Gasteiger partial charge in [0.25, 0.3) is 5.91 Å². The summed E-state index contributed by atoms with van der Waals surface area (Å²) in [7, 11) is 0. The maximum atomic E-state index is 13.5. The highest BCUT2D eigenvalue weighted by atomic mass is 79.9. The van der Waals surface area contributed by atoms with Crippen molar-refractivity contribution in [1.29, 1.82) is 0 Å². The maximum absolute atomic E-state index is 13.5. The van der Waals surface area contributed by atoms with E-state index in [4.69, 9.17) is 0 Å². The quantitative estimate of drug-likeness (QED) is 0.579. The Bertz CT molecular complexity index is 649. The highest BCUT2D eigenvalue weighted by Crippen LogP contribution is 2.19. The monoisotopic (exact) mass is 385 g/mol. The lowest BCUT2D eigenvalue weighted by Crippen LogP contribution is -2.25. The summed E-state index contributed by atoms with van der Waals surface area (Å²) < 4.78 is 26.9. The summed E-state index contributed by atoms with van der Waals surface area (Å²) in [4.78, 5) is 12.8. The molecule has 2 nitrogen and oxygen atoms in total. The Kier molecular flexibility index (Phi) is 6.39. The topological polar surface area (TPSA) is 29.1 Å². The van der Waals surface area contributed by atoms with Gasteiger partial charge in [0.15, 0.2) is 0 Å². The van der Waals surface area contributed by atoms with Gasteiger partial charge >= 0.3 is 0 Å². The van der Waals surface area contributed by atoms with E-state index in [0.29, 0.717) is 11.0 Å². The van der Waals surface area contributed by atoms with Crippen molar-refractivity contribution in [3.05, 3.63) is 64.1 Å². The Labute approximate surface area is 140 Å². The van der Waals surface area contributed by atoms with Gasteiger partial charge in [0.2, 0.25) is 0 Å². The smallest absolute Gasteiger partial charge is 0.254 e. The molecule has 0 radical (unpaired) electrons. The van der Waals surface area contributed by atoms with Crippen LogP contribution < -0.4 is 5.32 Å². The molecule has 2 aromatic carbocycles. The van der Waals surface area contributed by atoms with Crippen molar-refractivity contribution >= 4 is 33.6 Å². The van der Waals surface area contributed by atoms with E-state index in [0.717, 1.165) is 17.1 Å². The zero-order valence-corrected chi connectivity index (χ0v) is 14.0. The number of carbonyl (C=O) groups excluding carboxylic acids is 1. The van der Waals surface area contributed by atoms with Crippen LogP contribution in [0.2, 0.25) is 0 Å². The number of thioether (sulfide) groups is 1. The SMILES string of the molecule is O=C(NCCCSc1ccc(F)cc1)c1cc(Br)ccc1F. The molecule has 0 aliphatic heterocycles. The molecule has 0 saturated carbocycles. The van der Waals surface area contributed by atoms with Crippen LogP contribution in [0.1, 0.15) is 16.8 Å². The average molecular weight is 386 g/mol. The van der Waals surface area contributed by atoms with Crippen LogP contribution in [-0.2, 0) is 0 Å². The molecule has 0 saturated heterocycles. The Balaban J connectivity index is 1.73. The minimum absolute atomic E-state index is 0.0283. The summed E-state index contributed by atoms with van der Waals surface area (Å²) in [5.41, 5.74) is 0.0283. The molecule has 2 aromatic rings. The largest absolute Gasteiger partial charge is 0.352 e. The number of nitrogens with one attached hydrogen (secondary N) is 1. The summed E-state index contributed by atoms with van der Waals surface area (Å²) in [5, 5.41) is 2.69. The van der Waals surface area contributed by atoms with Crippen molar-refractivity contribution in [3.8, 4) is 0 Å². The lowest BCUT2D eigenvalue weighted by atomic mass is 10.2. The van der Waals surface area contributed by atoms with Crippen LogP contribution in [-0.4, -0.2) is 18.2 Å². The van der Waals surface area contributed by atoms with Crippen LogP contribution >= 0.6 is 27.7 Å². The summed E-state index contributed by atoms with van der Waals surface area (Å²) in [5.74, 6) is -0.438. The van der Waals surface area contributed by atoms with Gasteiger partial charge in [0, 0.05) is 15.9 Å². The van der Waals surface area contributed by atoms with Crippen LogP contribution in [0.5, 0.6) is 0 Å². The summed E-state index contributed by atoms with van der Waals surface area (Å²) in [6.45, 7) is 0.457. The second-order valence-corrected chi connectivity index (χ2v) is 6.62. The summed E-state index contributed by atoms with van der Waals surface area (Å²) in [6, 6.07) is 10.5. The van der Waals surface area contributed by atoms with Gasteiger partial charge in [0.05, 0.1) is 5.56 Å². The van der Waals surface area contributed by atoms with Crippen molar-refractivity contribution in [2.24, 2.45) is 0 Å². The third-order valence-electron chi connectivity index (χ3n) is 2.86. The second-order valence-electron chi connectivity index (χ2n) is 4.54. The number of hydrogen-bond acceptors (Lipinski definition) is 2. The Hall–Kier alpha value is -1.40. The molecule has 0 atom stereocenters. The van der Waals surface area contributed by atoms with Crippen molar-refractivity contribution in [2.75, 3.05) is 12.3 Å². The minimum atomic E-state index is -0.540. The number of carbonyl (C=O) groups is 1. The number of halogens is 3. The number of benzene rings is 2. The van der Waals surface area contributed by atoms with Gasteiger partial charge in [-0.2, -0.15) is 0 Å². The van der Waals surface area contributed by atoms with E-state index >= 15 is 0 Å². The molecule has 1 N–H and O–H groups in total. The third-order valence-corrected chi connectivity index (χ3v) is 4.45. The first-order valence-corrected chi connectivity index (χ1v) is 8.46. The highest BCUT2D eigenvalue weighted by Gasteiger charge is 2.11. The molecule has 22 heavy (non-hydrogen) atoms. The highest BCUT2D eigenvalue weighted by molar-refractivity contribution is 9.10. The molecular formula is C16H14BrF2NOS. The van der Waals surface area contributed by atoms with Gasteiger partial charge in [0.1, 0.15) is 11.6 Å². The predicted molar refractivity (Wildman–Crippen MR) is 88.2 cm³/mol. The molecule has 0 aliphatic rings. The molecule has 0 aromatic heterocycles. The van der Waals surface area contributed by atoms with Gasteiger partial charge in [-0.25, -0.2) is 8.78 Å². The predicted octanol–water partition coefficient (Wildman–Crippen LogP) is 4.64. The second kappa shape index (κ2) is 8.29. The molecule has 1 amide bonds. The number of rotatable bonds is 6. The molecule has 0 fully saturated rings. The average Bonchev–Trinajstić information content (AvgIpc) is 2.51. The maximum Gasteiger partial charge on any atom is 0.254 e. The first-order valence-electron chi connectivity index (χ1n) is 6.68. The molecule has 0 bridgehead atoms. The van der Waals surface area contributed by atoms with Crippen molar-refractivity contribution in [1.82, 2.24) is 5.32 Å². The number of hydrogen-bond donors (Lipinski definition) is 1. The van der Waals surface area contributed by atoms with Crippen molar-refractivity contribution < 1.29 is 13.6 Å².